The first-order valence-corrected chi connectivity index (χ1v) is 5.52. The number of hydrogen-bond donors (Lipinski definition) is 1. The lowest BCUT2D eigenvalue weighted by Crippen LogP contribution is -2.34. The van der Waals surface area contributed by atoms with Gasteiger partial charge in [0.1, 0.15) is 0 Å². The van der Waals surface area contributed by atoms with Crippen LogP contribution in [0.5, 0.6) is 0 Å². The number of aromatic nitrogens is 1. The lowest BCUT2D eigenvalue weighted by atomic mass is 9.97. The maximum atomic E-state index is 5.95. The number of thioether (sulfide) groups is 1. The van der Waals surface area contributed by atoms with Crippen molar-refractivity contribution in [3.63, 3.8) is 0 Å². The standard InChI is InChI=1S/C10H16N2S/c1-10(2,11)7-8-5-4-6-12-9(8)13-3/h4-6H,7,11H2,1-3H3. The summed E-state index contributed by atoms with van der Waals surface area (Å²) in [5, 5.41) is 1.08. The Morgan fingerprint density at radius 1 is 1.54 bits per heavy atom. The average molecular weight is 196 g/mol. The van der Waals surface area contributed by atoms with E-state index in [1.807, 2.05) is 32.4 Å². The van der Waals surface area contributed by atoms with E-state index in [-0.39, 0.29) is 5.54 Å². The largest absolute Gasteiger partial charge is 0.325 e. The molecule has 1 rings (SSSR count). The van der Waals surface area contributed by atoms with Gasteiger partial charge in [-0.25, -0.2) is 4.98 Å². The van der Waals surface area contributed by atoms with E-state index in [4.69, 9.17) is 5.73 Å². The molecule has 3 heteroatoms. The Morgan fingerprint density at radius 3 is 2.77 bits per heavy atom. The van der Waals surface area contributed by atoms with Gasteiger partial charge >= 0.3 is 0 Å². The first kappa shape index (κ1) is 10.5. The van der Waals surface area contributed by atoms with Crippen molar-refractivity contribution in [2.24, 2.45) is 5.73 Å². The van der Waals surface area contributed by atoms with Crippen molar-refractivity contribution in [2.45, 2.75) is 30.8 Å². The molecular weight excluding hydrogens is 180 g/mol. The van der Waals surface area contributed by atoms with E-state index in [2.05, 4.69) is 11.1 Å². The van der Waals surface area contributed by atoms with Gasteiger partial charge in [-0.3, -0.25) is 0 Å². The van der Waals surface area contributed by atoms with Crippen molar-refractivity contribution >= 4 is 11.8 Å². The van der Waals surface area contributed by atoms with E-state index in [1.54, 1.807) is 11.8 Å². The van der Waals surface area contributed by atoms with Crippen LogP contribution < -0.4 is 5.73 Å². The molecular formula is C10H16N2S. The summed E-state index contributed by atoms with van der Waals surface area (Å²) in [6, 6.07) is 4.05. The van der Waals surface area contributed by atoms with Crippen molar-refractivity contribution in [1.82, 2.24) is 4.98 Å². The van der Waals surface area contributed by atoms with E-state index >= 15 is 0 Å². The number of hydrogen-bond acceptors (Lipinski definition) is 3. The van der Waals surface area contributed by atoms with Crippen LogP contribution in [0.3, 0.4) is 0 Å². The fourth-order valence-electron chi connectivity index (χ4n) is 1.23. The molecule has 0 fully saturated rings. The van der Waals surface area contributed by atoms with Crippen LogP contribution in [-0.2, 0) is 6.42 Å². The predicted octanol–water partition coefficient (Wildman–Crippen LogP) is 2.08. The summed E-state index contributed by atoms with van der Waals surface area (Å²) in [6.07, 6.45) is 4.73. The van der Waals surface area contributed by atoms with E-state index in [0.29, 0.717) is 0 Å². The summed E-state index contributed by atoms with van der Waals surface area (Å²) >= 11 is 1.67. The third-order valence-electron chi connectivity index (χ3n) is 1.69. The molecule has 1 aromatic heterocycles. The fraction of sp³-hybridized carbons (Fsp3) is 0.500. The minimum absolute atomic E-state index is 0.159. The van der Waals surface area contributed by atoms with E-state index in [9.17, 15) is 0 Å². The van der Waals surface area contributed by atoms with Crippen LogP contribution in [-0.4, -0.2) is 16.8 Å². The van der Waals surface area contributed by atoms with Gasteiger partial charge in [-0.2, -0.15) is 0 Å². The molecule has 0 amide bonds. The zero-order valence-electron chi connectivity index (χ0n) is 8.37. The van der Waals surface area contributed by atoms with Gasteiger partial charge in [-0.15, -0.1) is 11.8 Å². The van der Waals surface area contributed by atoms with Gasteiger partial charge in [0.15, 0.2) is 0 Å². The van der Waals surface area contributed by atoms with Gasteiger partial charge in [0.2, 0.25) is 0 Å². The Labute approximate surface area is 83.9 Å². The highest BCUT2D eigenvalue weighted by molar-refractivity contribution is 7.98. The molecule has 1 aromatic rings. The van der Waals surface area contributed by atoms with Gasteiger partial charge in [0.25, 0.3) is 0 Å². The van der Waals surface area contributed by atoms with Gasteiger partial charge in [0, 0.05) is 11.7 Å². The number of nitrogens with zero attached hydrogens (tertiary/aromatic N) is 1. The molecule has 13 heavy (non-hydrogen) atoms. The average Bonchev–Trinajstić information content (AvgIpc) is 2.02. The normalized spacial score (nSPS) is 11.7. The maximum Gasteiger partial charge on any atom is 0.0989 e. The monoisotopic (exact) mass is 196 g/mol. The molecule has 0 aliphatic carbocycles. The summed E-state index contributed by atoms with van der Waals surface area (Å²) < 4.78 is 0. The van der Waals surface area contributed by atoms with Crippen molar-refractivity contribution in [3.8, 4) is 0 Å². The number of rotatable bonds is 3. The SMILES string of the molecule is CSc1ncccc1CC(C)(C)N. The van der Waals surface area contributed by atoms with Crippen molar-refractivity contribution in [3.05, 3.63) is 23.9 Å². The summed E-state index contributed by atoms with van der Waals surface area (Å²) in [6.45, 7) is 4.06. The minimum Gasteiger partial charge on any atom is -0.325 e. The summed E-state index contributed by atoms with van der Waals surface area (Å²) in [5.74, 6) is 0. The third-order valence-corrected chi connectivity index (χ3v) is 2.44. The molecule has 0 bridgehead atoms. The molecule has 0 aromatic carbocycles. The van der Waals surface area contributed by atoms with E-state index in [1.165, 1.54) is 5.56 Å². The van der Waals surface area contributed by atoms with Gasteiger partial charge < -0.3 is 5.73 Å². The molecule has 2 N–H and O–H groups in total. The summed E-state index contributed by atoms with van der Waals surface area (Å²) in [5.41, 5.74) is 7.03. The summed E-state index contributed by atoms with van der Waals surface area (Å²) in [4.78, 5) is 4.29. The van der Waals surface area contributed by atoms with Crippen LogP contribution in [0.1, 0.15) is 19.4 Å². The first-order chi connectivity index (χ1) is 6.03. The fourth-order valence-corrected chi connectivity index (χ4v) is 1.80. The zero-order chi connectivity index (χ0) is 9.90. The molecule has 0 aliphatic heterocycles. The second kappa shape index (κ2) is 4.11. The van der Waals surface area contributed by atoms with Crippen molar-refractivity contribution < 1.29 is 0 Å². The smallest absolute Gasteiger partial charge is 0.0989 e. The molecule has 0 saturated heterocycles. The topological polar surface area (TPSA) is 38.9 Å². The first-order valence-electron chi connectivity index (χ1n) is 4.30. The highest BCUT2D eigenvalue weighted by atomic mass is 32.2. The van der Waals surface area contributed by atoms with E-state index in [0.717, 1.165) is 11.4 Å². The van der Waals surface area contributed by atoms with Crippen LogP contribution in [0.4, 0.5) is 0 Å². The molecule has 72 valence electrons. The molecule has 0 saturated carbocycles. The van der Waals surface area contributed by atoms with Crippen molar-refractivity contribution in [2.75, 3.05) is 6.26 Å². The van der Waals surface area contributed by atoms with Crippen molar-refractivity contribution in [1.29, 1.82) is 0 Å². The third kappa shape index (κ3) is 3.36. The van der Waals surface area contributed by atoms with E-state index < -0.39 is 0 Å². The molecule has 0 atom stereocenters. The van der Waals surface area contributed by atoms with Crippen LogP contribution >= 0.6 is 11.8 Å². The van der Waals surface area contributed by atoms with Gasteiger partial charge in [-0.1, -0.05) is 6.07 Å². The Balaban J connectivity index is 2.87. The Bertz CT molecular complexity index is 278. The molecule has 1 heterocycles. The highest BCUT2D eigenvalue weighted by Gasteiger charge is 2.14. The van der Waals surface area contributed by atoms with Crippen LogP contribution in [0, 0.1) is 0 Å². The lowest BCUT2D eigenvalue weighted by Gasteiger charge is -2.19. The molecule has 0 spiro atoms. The second-order valence-corrected chi connectivity index (χ2v) is 4.63. The quantitative estimate of drug-likeness (QED) is 0.752. The van der Waals surface area contributed by atoms with Crippen LogP contribution in [0.25, 0.3) is 0 Å². The number of nitrogens with two attached hydrogens (primary N) is 1. The molecule has 0 aliphatic rings. The predicted molar refractivity (Wildman–Crippen MR) is 58.0 cm³/mol. The second-order valence-electron chi connectivity index (χ2n) is 3.84. The zero-order valence-corrected chi connectivity index (χ0v) is 9.19. The maximum absolute atomic E-state index is 5.95. The highest BCUT2D eigenvalue weighted by Crippen LogP contribution is 2.20. The number of pyridine rings is 1. The Kier molecular flexibility index (Phi) is 3.33. The summed E-state index contributed by atoms with van der Waals surface area (Å²) in [7, 11) is 0. The van der Waals surface area contributed by atoms with Gasteiger partial charge in [0.05, 0.1) is 5.03 Å². The Morgan fingerprint density at radius 2 is 2.23 bits per heavy atom. The Hall–Kier alpha value is -0.540. The van der Waals surface area contributed by atoms with Gasteiger partial charge in [-0.05, 0) is 38.2 Å². The molecule has 0 unspecified atom stereocenters. The lowest BCUT2D eigenvalue weighted by molar-refractivity contribution is 0.511. The molecule has 0 radical (unpaired) electrons. The molecule has 2 nitrogen and oxygen atoms in total. The van der Waals surface area contributed by atoms with Crippen LogP contribution in [0.2, 0.25) is 0 Å². The van der Waals surface area contributed by atoms with Crippen LogP contribution in [0.15, 0.2) is 23.4 Å². The minimum atomic E-state index is -0.159.